The first-order valence-corrected chi connectivity index (χ1v) is 11.3. The van der Waals surface area contributed by atoms with Crippen LogP contribution in [0.3, 0.4) is 0 Å². The lowest BCUT2D eigenvalue weighted by Gasteiger charge is -2.27. The van der Waals surface area contributed by atoms with Gasteiger partial charge in [0.2, 0.25) is 5.91 Å². The summed E-state index contributed by atoms with van der Waals surface area (Å²) in [7, 11) is 1.29. The number of ether oxygens (including phenoxy) is 1. The summed E-state index contributed by atoms with van der Waals surface area (Å²) < 4.78 is 4.72. The number of methoxy groups -OCH3 is 1. The molecule has 0 radical (unpaired) electrons. The fraction of sp³-hybridized carbons (Fsp3) is 0.269. The molecule has 1 aromatic heterocycles. The molecule has 3 amide bonds. The van der Waals surface area contributed by atoms with Gasteiger partial charge in [0.1, 0.15) is 11.7 Å². The van der Waals surface area contributed by atoms with Crippen LogP contribution >= 0.6 is 0 Å². The zero-order chi connectivity index (χ0) is 25.1. The standard InChI is InChI=1S/C26H26N4O5/c1-15(2)12-22(30-24(32)18-10-6-7-11-19(18)25(30)33)23(31)27-14-16-8-4-5-9-17(16)20-13-21(29-28-20)26(34)35-3/h4-11,13,15,22H,12,14H2,1-3H3,(H,27,31)(H,28,29). The molecule has 4 rings (SSSR count). The Hall–Kier alpha value is -4.27. The second kappa shape index (κ2) is 9.92. The molecule has 1 aliphatic heterocycles. The maximum absolute atomic E-state index is 13.3. The lowest BCUT2D eigenvalue weighted by Crippen LogP contribution is -2.50. The number of carbonyl (C=O) groups excluding carboxylic acids is 4. The Morgan fingerprint density at radius 1 is 1.00 bits per heavy atom. The summed E-state index contributed by atoms with van der Waals surface area (Å²) in [5.41, 5.74) is 2.83. The minimum atomic E-state index is -0.939. The molecule has 35 heavy (non-hydrogen) atoms. The molecule has 0 spiro atoms. The first-order chi connectivity index (χ1) is 16.8. The Morgan fingerprint density at radius 2 is 1.60 bits per heavy atom. The molecule has 0 fully saturated rings. The van der Waals surface area contributed by atoms with Crippen molar-refractivity contribution >= 4 is 23.7 Å². The van der Waals surface area contributed by atoms with E-state index in [9.17, 15) is 19.2 Å². The molecule has 1 atom stereocenters. The van der Waals surface area contributed by atoms with Crippen molar-refractivity contribution < 1.29 is 23.9 Å². The molecule has 180 valence electrons. The van der Waals surface area contributed by atoms with Crippen LogP contribution in [0.4, 0.5) is 0 Å². The minimum Gasteiger partial charge on any atom is -0.464 e. The fourth-order valence-corrected chi connectivity index (χ4v) is 4.17. The molecule has 0 aliphatic carbocycles. The molecule has 2 N–H and O–H groups in total. The third kappa shape index (κ3) is 4.70. The van der Waals surface area contributed by atoms with Crippen LogP contribution in [-0.2, 0) is 16.1 Å². The van der Waals surface area contributed by atoms with Crippen LogP contribution in [0.2, 0.25) is 0 Å². The molecule has 3 aromatic rings. The highest BCUT2D eigenvalue weighted by Gasteiger charge is 2.42. The number of aromatic nitrogens is 2. The maximum Gasteiger partial charge on any atom is 0.356 e. The van der Waals surface area contributed by atoms with Gasteiger partial charge >= 0.3 is 5.97 Å². The summed E-state index contributed by atoms with van der Waals surface area (Å²) in [6, 6.07) is 14.5. The minimum absolute atomic E-state index is 0.0724. The maximum atomic E-state index is 13.3. The van der Waals surface area contributed by atoms with Gasteiger partial charge < -0.3 is 10.1 Å². The van der Waals surface area contributed by atoms with E-state index in [1.165, 1.54) is 7.11 Å². The Labute approximate surface area is 202 Å². The predicted octanol–water partition coefficient (Wildman–Crippen LogP) is 3.19. The van der Waals surface area contributed by atoms with Crippen molar-refractivity contribution in [1.29, 1.82) is 0 Å². The van der Waals surface area contributed by atoms with E-state index >= 15 is 0 Å². The Kier molecular flexibility index (Phi) is 6.77. The number of nitrogens with one attached hydrogen (secondary N) is 2. The molecule has 0 bridgehead atoms. The van der Waals surface area contributed by atoms with Crippen molar-refractivity contribution in [3.8, 4) is 11.3 Å². The molecule has 1 unspecified atom stereocenters. The zero-order valence-electron chi connectivity index (χ0n) is 19.7. The molecule has 9 nitrogen and oxygen atoms in total. The summed E-state index contributed by atoms with van der Waals surface area (Å²) in [6.07, 6.45) is 0.334. The van der Waals surface area contributed by atoms with E-state index in [0.717, 1.165) is 16.0 Å². The topological polar surface area (TPSA) is 121 Å². The molecular formula is C26H26N4O5. The van der Waals surface area contributed by atoms with Gasteiger partial charge in [-0.3, -0.25) is 24.4 Å². The van der Waals surface area contributed by atoms with Gasteiger partial charge in [0.25, 0.3) is 11.8 Å². The van der Waals surface area contributed by atoms with E-state index in [4.69, 9.17) is 4.74 Å². The second-order valence-corrected chi connectivity index (χ2v) is 8.70. The Bertz CT molecular complexity index is 1260. The zero-order valence-corrected chi connectivity index (χ0v) is 19.7. The average Bonchev–Trinajstić information content (AvgIpc) is 3.44. The molecule has 2 aromatic carbocycles. The number of rotatable bonds is 8. The van der Waals surface area contributed by atoms with E-state index in [2.05, 4.69) is 15.5 Å². The van der Waals surface area contributed by atoms with E-state index in [-0.39, 0.29) is 18.2 Å². The van der Waals surface area contributed by atoms with Crippen molar-refractivity contribution in [2.24, 2.45) is 5.92 Å². The summed E-state index contributed by atoms with van der Waals surface area (Å²) in [6.45, 7) is 4.02. The number of imide groups is 1. The van der Waals surface area contributed by atoms with Gasteiger partial charge in [0, 0.05) is 12.1 Å². The van der Waals surface area contributed by atoms with Gasteiger partial charge in [-0.15, -0.1) is 0 Å². The lowest BCUT2D eigenvalue weighted by atomic mass is 10.0. The highest BCUT2D eigenvalue weighted by molar-refractivity contribution is 6.22. The summed E-state index contributed by atoms with van der Waals surface area (Å²) in [5, 5.41) is 9.72. The van der Waals surface area contributed by atoms with Crippen molar-refractivity contribution in [2.45, 2.75) is 32.9 Å². The van der Waals surface area contributed by atoms with Crippen molar-refractivity contribution in [1.82, 2.24) is 20.4 Å². The number of hydrogen-bond acceptors (Lipinski definition) is 6. The SMILES string of the molecule is COC(=O)c1cc(-c2ccccc2CNC(=O)C(CC(C)C)N2C(=O)c3ccccc3C2=O)n[nH]1. The number of hydrogen-bond donors (Lipinski definition) is 2. The van der Waals surface area contributed by atoms with Crippen LogP contribution < -0.4 is 5.32 Å². The smallest absolute Gasteiger partial charge is 0.356 e. The van der Waals surface area contributed by atoms with Crippen molar-refractivity contribution in [3.05, 3.63) is 77.0 Å². The van der Waals surface area contributed by atoms with E-state index in [1.54, 1.807) is 30.3 Å². The van der Waals surface area contributed by atoms with Crippen molar-refractivity contribution in [2.75, 3.05) is 7.11 Å². The van der Waals surface area contributed by atoms with Gasteiger partial charge in [0.05, 0.1) is 23.9 Å². The summed E-state index contributed by atoms with van der Waals surface area (Å²) in [5.74, 6) is -1.80. The van der Waals surface area contributed by atoms with Crippen LogP contribution in [0.25, 0.3) is 11.3 Å². The third-order valence-corrected chi connectivity index (χ3v) is 5.86. The van der Waals surface area contributed by atoms with Gasteiger partial charge in [0.15, 0.2) is 0 Å². The van der Waals surface area contributed by atoms with Gasteiger partial charge in [-0.2, -0.15) is 5.10 Å². The summed E-state index contributed by atoms with van der Waals surface area (Å²) >= 11 is 0. The highest BCUT2D eigenvalue weighted by atomic mass is 16.5. The van der Waals surface area contributed by atoms with Crippen molar-refractivity contribution in [3.63, 3.8) is 0 Å². The van der Waals surface area contributed by atoms with E-state index in [0.29, 0.717) is 23.2 Å². The van der Waals surface area contributed by atoms with Gasteiger partial charge in [-0.05, 0) is 36.1 Å². The monoisotopic (exact) mass is 474 g/mol. The lowest BCUT2D eigenvalue weighted by molar-refractivity contribution is -0.125. The number of esters is 1. The quantitative estimate of drug-likeness (QED) is 0.382. The number of H-pyrrole nitrogens is 1. The first-order valence-electron chi connectivity index (χ1n) is 11.3. The van der Waals surface area contributed by atoms with Gasteiger partial charge in [-0.25, -0.2) is 4.79 Å². The van der Waals surface area contributed by atoms with Crippen LogP contribution in [0.1, 0.15) is 57.0 Å². The molecular weight excluding hydrogens is 448 g/mol. The number of amides is 3. The molecule has 0 saturated heterocycles. The number of nitrogens with zero attached hydrogens (tertiary/aromatic N) is 2. The largest absolute Gasteiger partial charge is 0.464 e. The first kappa shape index (κ1) is 23.9. The number of carbonyl (C=O) groups is 4. The van der Waals surface area contributed by atoms with E-state index < -0.39 is 29.7 Å². The van der Waals surface area contributed by atoms with E-state index in [1.807, 2.05) is 38.1 Å². The fourth-order valence-electron chi connectivity index (χ4n) is 4.17. The van der Waals surface area contributed by atoms with Crippen LogP contribution in [0, 0.1) is 5.92 Å². The number of benzene rings is 2. The molecule has 0 saturated carbocycles. The molecule has 2 heterocycles. The normalized spacial score (nSPS) is 13.7. The molecule has 1 aliphatic rings. The van der Waals surface area contributed by atoms with Gasteiger partial charge in [-0.1, -0.05) is 50.2 Å². The Balaban J connectivity index is 1.55. The summed E-state index contributed by atoms with van der Waals surface area (Å²) in [4.78, 5) is 52.2. The number of fused-ring (bicyclic) bond motifs is 1. The highest BCUT2D eigenvalue weighted by Crippen LogP contribution is 2.27. The van der Waals surface area contributed by atoms with Crippen LogP contribution in [-0.4, -0.2) is 51.9 Å². The number of aromatic amines is 1. The third-order valence-electron chi connectivity index (χ3n) is 5.86. The second-order valence-electron chi connectivity index (χ2n) is 8.70. The molecule has 9 heteroatoms. The van der Waals surface area contributed by atoms with Crippen LogP contribution in [0.5, 0.6) is 0 Å². The van der Waals surface area contributed by atoms with Crippen LogP contribution in [0.15, 0.2) is 54.6 Å². The Morgan fingerprint density at radius 3 is 2.20 bits per heavy atom. The average molecular weight is 475 g/mol. The predicted molar refractivity (Wildman–Crippen MR) is 127 cm³/mol.